The molecule has 0 aliphatic heterocycles. The second-order valence-electron chi connectivity index (χ2n) is 9.42. The van der Waals surface area contributed by atoms with Gasteiger partial charge in [0.25, 0.3) is 5.91 Å². The average molecular weight is 492 g/mol. The zero-order valence-electron chi connectivity index (χ0n) is 20.4. The number of ether oxygens (including phenoxy) is 2. The van der Waals surface area contributed by atoms with Gasteiger partial charge in [0.1, 0.15) is 24.0 Å². The van der Waals surface area contributed by atoms with E-state index < -0.39 is 29.7 Å². The number of carbonyl (C=O) groups excluding carboxylic acids is 3. The van der Waals surface area contributed by atoms with E-state index in [1.807, 2.05) is 36.4 Å². The zero-order valence-corrected chi connectivity index (χ0v) is 20.4. The summed E-state index contributed by atoms with van der Waals surface area (Å²) in [6.07, 6.45) is -0.0650. The maximum absolute atomic E-state index is 12.8. The predicted molar refractivity (Wildman–Crippen MR) is 132 cm³/mol. The van der Waals surface area contributed by atoms with E-state index in [2.05, 4.69) is 28.3 Å². The van der Waals surface area contributed by atoms with E-state index >= 15 is 0 Å². The van der Waals surface area contributed by atoms with Crippen LogP contribution in [-0.4, -0.2) is 36.3 Å². The summed E-state index contributed by atoms with van der Waals surface area (Å²) in [5.74, 6) is -0.300. The molecule has 3 N–H and O–H groups in total. The largest absolute Gasteiger partial charge is 0.469 e. The molecule has 0 bridgehead atoms. The van der Waals surface area contributed by atoms with Crippen molar-refractivity contribution >= 4 is 18.1 Å². The van der Waals surface area contributed by atoms with Crippen LogP contribution in [-0.2, 0) is 20.7 Å². The third-order valence-electron chi connectivity index (χ3n) is 5.62. The van der Waals surface area contributed by atoms with Crippen LogP contribution in [0.2, 0.25) is 0 Å². The van der Waals surface area contributed by atoms with Gasteiger partial charge in [-0.2, -0.15) is 0 Å². The van der Waals surface area contributed by atoms with Crippen LogP contribution in [0.1, 0.15) is 43.6 Å². The van der Waals surface area contributed by atoms with Crippen LogP contribution in [0.3, 0.4) is 0 Å². The standard InChI is InChI=1S/C27H29N3O6/c1-27(2,3)36-26(33)30-29-24(31)23(15-17-9-8-14-34-17)28-25(32)35-16-22-20-12-6-4-10-18(20)19-11-5-7-13-21(19)22/h4-14,22-23H,15-16H2,1-3H3,(H,28,32)(H,29,31)(H,30,33)/t23-/m1/s1. The molecule has 0 unspecified atom stereocenters. The average Bonchev–Trinajstić information content (AvgIpc) is 3.46. The first-order chi connectivity index (χ1) is 17.2. The summed E-state index contributed by atoms with van der Waals surface area (Å²) in [4.78, 5) is 37.4. The van der Waals surface area contributed by atoms with Gasteiger partial charge in [-0.25, -0.2) is 15.0 Å². The van der Waals surface area contributed by atoms with E-state index in [0.717, 1.165) is 22.3 Å². The fraction of sp³-hybridized carbons (Fsp3) is 0.296. The first-order valence-corrected chi connectivity index (χ1v) is 11.6. The number of hydrazine groups is 1. The third-order valence-corrected chi connectivity index (χ3v) is 5.62. The number of rotatable bonds is 6. The van der Waals surface area contributed by atoms with Gasteiger partial charge >= 0.3 is 12.2 Å². The molecule has 0 saturated heterocycles. The Balaban J connectivity index is 1.39. The first-order valence-electron chi connectivity index (χ1n) is 11.6. The predicted octanol–water partition coefficient (Wildman–Crippen LogP) is 4.29. The Morgan fingerprint density at radius 2 is 1.53 bits per heavy atom. The monoisotopic (exact) mass is 491 g/mol. The summed E-state index contributed by atoms with van der Waals surface area (Å²) in [5.41, 5.74) is 8.12. The van der Waals surface area contributed by atoms with Crippen molar-refractivity contribution in [3.8, 4) is 11.1 Å². The van der Waals surface area contributed by atoms with Crippen molar-refractivity contribution in [3.05, 3.63) is 83.8 Å². The molecule has 0 fully saturated rings. The van der Waals surface area contributed by atoms with Gasteiger partial charge in [-0.1, -0.05) is 48.5 Å². The molecule has 9 nitrogen and oxygen atoms in total. The number of furan rings is 1. The number of benzene rings is 2. The highest BCUT2D eigenvalue weighted by atomic mass is 16.6. The highest BCUT2D eigenvalue weighted by Crippen LogP contribution is 2.44. The van der Waals surface area contributed by atoms with Crippen LogP contribution in [0, 0.1) is 0 Å². The number of hydrogen-bond acceptors (Lipinski definition) is 6. The Kier molecular flexibility index (Phi) is 7.28. The molecule has 0 radical (unpaired) electrons. The number of amides is 3. The molecule has 1 aromatic heterocycles. The molecule has 0 saturated carbocycles. The maximum Gasteiger partial charge on any atom is 0.426 e. The Hall–Kier alpha value is -4.27. The lowest BCUT2D eigenvalue weighted by atomic mass is 9.98. The van der Waals surface area contributed by atoms with Gasteiger partial charge in [-0.05, 0) is 55.2 Å². The van der Waals surface area contributed by atoms with E-state index in [0.29, 0.717) is 5.76 Å². The quantitative estimate of drug-likeness (QED) is 0.443. The van der Waals surface area contributed by atoms with E-state index in [1.54, 1.807) is 32.9 Å². The minimum absolute atomic E-state index is 0.0546. The minimum Gasteiger partial charge on any atom is -0.469 e. The molecule has 0 spiro atoms. The third kappa shape index (κ3) is 6.04. The zero-order chi connectivity index (χ0) is 25.7. The minimum atomic E-state index is -1.07. The van der Waals surface area contributed by atoms with Crippen LogP contribution in [0.5, 0.6) is 0 Å². The Bertz CT molecular complexity index is 1190. The highest BCUT2D eigenvalue weighted by molar-refractivity contribution is 5.87. The Morgan fingerprint density at radius 3 is 2.11 bits per heavy atom. The van der Waals surface area contributed by atoms with Gasteiger partial charge in [0.15, 0.2) is 0 Å². The van der Waals surface area contributed by atoms with E-state index in [1.165, 1.54) is 6.26 Å². The Morgan fingerprint density at radius 1 is 0.889 bits per heavy atom. The van der Waals surface area contributed by atoms with Gasteiger partial charge in [-0.15, -0.1) is 0 Å². The number of carbonyl (C=O) groups is 3. The fourth-order valence-electron chi connectivity index (χ4n) is 4.12. The van der Waals surface area contributed by atoms with Crippen molar-refractivity contribution in [2.75, 3.05) is 6.61 Å². The molecule has 3 amide bonds. The van der Waals surface area contributed by atoms with Crippen LogP contribution in [0.4, 0.5) is 9.59 Å². The molecule has 188 valence electrons. The lowest BCUT2D eigenvalue weighted by molar-refractivity contribution is -0.124. The molecule has 4 rings (SSSR count). The summed E-state index contributed by atoms with van der Waals surface area (Å²) < 4.78 is 16.0. The highest BCUT2D eigenvalue weighted by Gasteiger charge is 2.30. The molecule has 9 heteroatoms. The molecule has 3 aromatic rings. The summed E-state index contributed by atoms with van der Waals surface area (Å²) in [7, 11) is 0. The SMILES string of the molecule is CC(C)(C)OC(=O)NNC(=O)[C@@H](Cc1ccco1)NC(=O)OCC1c2ccccc2-c2ccccc21. The lowest BCUT2D eigenvalue weighted by Gasteiger charge is -2.21. The van der Waals surface area contributed by atoms with Crippen LogP contribution >= 0.6 is 0 Å². The normalized spacial score (nSPS) is 13.2. The van der Waals surface area contributed by atoms with Crippen molar-refractivity contribution in [1.29, 1.82) is 0 Å². The van der Waals surface area contributed by atoms with E-state index in [-0.39, 0.29) is 18.9 Å². The van der Waals surface area contributed by atoms with Crippen molar-refractivity contribution in [1.82, 2.24) is 16.2 Å². The summed E-state index contributed by atoms with van der Waals surface area (Å²) in [6, 6.07) is 18.3. The molecule has 1 heterocycles. The van der Waals surface area contributed by atoms with Crippen LogP contribution in [0.15, 0.2) is 71.3 Å². The van der Waals surface area contributed by atoms with Gasteiger partial charge in [-0.3, -0.25) is 10.2 Å². The van der Waals surface area contributed by atoms with Gasteiger partial charge in [0, 0.05) is 12.3 Å². The molecule has 1 aliphatic rings. The van der Waals surface area contributed by atoms with Crippen molar-refractivity contribution < 1.29 is 28.3 Å². The number of fused-ring (bicyclic) bond motifs is 3. The number of hydrogen-bond donors (Lipinski definition) is 3. The molecular formula is C27H29N3O6. The van der Waals surface area contributed by atoms with Crippen LogP contribution < -0.4 is 16.2 Å². The second-order valence-corrected chi connectivity index (χ2v) is 9.42. The summed E-state index contributed by atoms with van der Waals surface area (Å²) >= 11 is 0. The smallest absolute Gasteiger partial charge is 0.426 e. The second kappa shape index (κ2) is 10.6. The van der Waals surface area contributed by atoms with Gasteiger partial charge in [0.05, 0.1) is 6.26 Å². The van der Waals surface area contributed by atoms with Crippen molar-refractivity contribution in [2.45, 2.75) is 44.8 Å². The maximum atomic E-state index is 12.8. The van der Waals surface area contributed by atoms with Crippen molar-refractivity contribution in [3.63, 3.8) is 0 Å². The van der Waals surface area contributed by atoms with Crippen molar-refractivity contribution in [2.24, 2.45) is 0 Å². The first kappa shape index (κ1) is 24.8. The van der Waals surface area contributed by atoms with E-state index in [4.69, 9.17) is 13.9 Å². The van der Waals surface area contributed by atoms with Crippen LogP contribution in [0.25, 0.3) is 11.1 Å². The lowest BCUT2D eigenvalue weighted by Crippen LogP contribution is -2.54. The molecular weight excluding hydrogens is 462 g/mol. The fourth-order valence-corrected chi connectivity index (χ4v) is 4.12. The molecule has 36 heavy (non-hydrogen) atoms. The Labute approximate surface area is 209 Å². The topological polar surface area (TPSA) is 119 Å². The van der Waals surface area contributed by atoms with Gasteiger partial charge in [0.2, 0.25) is 0 Å². The molecule has 2 aromatic carbocycles. The van der Waals surface area contributed by atoms with Gasteiger partial charge < -0.3 is 19.2 Å². The number of alkyl carbamates (subject to hydrolysis) is 1. The molecule has 1 aliphatic carbocycles. The number of nitrogens with one attached hydrogen (secondary N) is 3. The summed E-state index contributed by atoms with van der Waals surface area (Å²) in [6.45, 7) is 5.21. The molecule has 1 atom stereocenters. The summed E-state index contributed by atoms with van der Waals surface area (Å²) in [5, 5.41) is 2.57. The van der Waals surface area contributed by atoms with E-state index in [9.17, 15) is 14.4 Å².